The van der Waals surface area contributed by atoms with E-state index < -0.39 is 17.7 Å². The highest BCUT2D eigenvalue weighted by molar-refractivity contribution is 9.10. The standard InChI is InChI=1S/C14H10Br2F2O/c15-9-4-2-1-3-8(9)7-12(19)13-11(17)6-5-10(16)14(13)18/h1-6,12,19H,7H2. The zero-order valence-corrected chi connectivity index (χ0v) is 12.9. The van der Waals surface area contributed by atoms with Gasteiger partial charge in [0.25, 0.3) is 0 Å². The molecule has 0 spiro atoms. The first-order valence-electron chi connectivity index (χ1n) is 5.55. The van der Waals surface area contributed by atoms with Crippen LogP contribution >= 0.6 is 31.9 Å². The summed E-state index contributed by atoms with van der Waals surface area (Å²) < 4.78 is 28.4. The van der Waals surface area contributed by atoms with Crippen LogP contribution in [0, 0.1) is 11.6 Å². The molecule has 100 valence electrons. The van der Waals surface area contributed by atoms with Crippen molar-refractivity contribution in [3.8, 4) is 0 Å². The summed E-state index contributed by atoms with van der Waals surface area (Å²) in [6, 6.07) is 9.66. The van der Waals surface area contributed by atoms with Gasteiger partial charge in [0.1, 0.15) is 11.6 Å². The average molecular weight is 392 g/mol. The highest BCUT2D eigenvalue weighted by atomic mass is 79.9. The van der Waals surface area contributed by atoms with Crippen molar-refractivity contribution in [2.24, 2.45) is 0 Å². The summed E-state index contributed by atoms with van der Waals surface area (Å²) in [7, 11) is 0. The first kappa shape index (κ1) is 14.6. The molecule has 0 radical (unpaired) electrons. The fourth-order valence-corrected chi connectivity index (χ4v) is 2.61. The molecule has 0 amide bonds. The van der Waals surface area contributed by atoms with Crippen molar-refractivity contribution < 1.29 is 13.9 Å². The minimum Gasteiger partial charge on any atom is -0.388 e. The zero-order chi connectivity index (χ0) is 14.0. The highest BCUT2D eigenvalue weighted by Crippen LogP contribution is 2.30. The summed E-state index contributed by atoms with van der Waals surface area (Å²) in [5, 5.41) is 10.1. The zero-order valence-electron chi connectivity index (χ0n) is 9.71. The van der Waals surface area contributed by atoms with E-state index in [2.05, 4.69) is 31.9 Å². The van der Waals surface area contributed by atoms with Crippen LogP contribution in [0.4, 0.5) is 8.78 Å². The topological polar surface area (TPSA) is 20.2 Å². The Balaban J connectivity index is 2.33. The monoisotopic (exact) mass is 390 g/mol. The highest BCUT2D eigenvalue weighted by Gasteiger charge is 2.21. The van der Waals surface area contributed by atoms with Gasteiger partial charge in [-0.3, -0.25) is 0 Å². The van der Waals surface area contributed by atoms with E-state index in [0.29, 0.717) is 0 Å². The van der Waals surface area contributed by atoms with Gasteiger partial charge in [-0.25, -0.2) is 8.78 Å². The Kier molecular flexibility index (Phi) is 4.71. The van der Waals surface area contributed by atoms with Gasteiger partial charge in [0, 0.05) is 10.9 Å². The molecule has 2 aromatic rings. The third-order valence-electron chi connectivity index (χ3n) is 2.78. The van der Waals surface area contributed by atoms with Crippen LogP contribution in [0.5, 0.6) is 0 Å². The fourth-order valence-electron chi connectivity index (χ4n) is 1.82. The molecule has 0 aliphatic carbocycles. The molecule has 2 rings (SSSR count). The maximum Gasteiger partial charge on any atom is 0.146 e. The molecule has 0 saturated carbocycles. The van der Waals surface area contributed by atoms with Crippen molar-refractivity contribution in [1.29, 1.82) is 0 Å². The second-order valence-electron chi connectivity index (χ2n) is 4.07. The van der Waals surface area contributed by atoms with Gasteiger partial charge in [-0.2, -0.15) is 0 Å². The van der Waals surface area contributed by atoms with Crippen molar-refractivity contribution in [3.05, 3.63) is 68.1 Å². The molecule has 1 N–H and O–H groups in total. The Hall–Kier alpha value is -0.780. The van der Waals surface area contributed by atoms with Crippen molar-refractivity contribution in [2.75, 3.05) is 0 Å². The smallest absolute Gasteiger partial charge is 0.146 e. The Bertz CT molecular complexity index is 602. The van der Waals surface area contributed by atoms with Crippen LogP contribution in [0.2, 0.25) is 0 Å². The molecule has 1 atom stereocenters. The first-order chi connectivity index (χ1) is 9.00. The van der Waals surface area contributed by atoms with Gasteiger partial charge >= 0.3 is 0 Å². The normalized spacial score (nSPS) is 12.5. The molecule has 0 aliphatic rings. The number of hydrogen-bond acceptors (Lipinski definition) is 1. The maximum absolute atomic E-state index is 13.9. The molecule has 19 heavy (non-hydrogen) atoms. The Morgan fingerprint density at radius 3 is 2.37 bits per heavy atom. The number of hydrogen-bond donors (Lipinski definition) is 1. The minimum absolute atomic E-state index is 0.131. The molecule has 2 aromatic carbocycles. The Labute approximate surface area is 126 Å². The first-order valence-corrected chi connectivity index (χ1v) is 7.14. The average Bonchev–Trinajstić information content (AvgIpc) is 2.37. The second kappa shape index (κ2) is 6.11. The molecule has 0 heterocycles. The summed E-state index contributed by atoms with van der Waals surface area (Å²) in [5.41, 5.74) is 0.471. The molecule has 5 heteroatoms. The molecule has 0 fully saturated rings. The molecule has 0 bridgehead atoms. The van der Waals surface area contributed by atoms with E-state index >= 15 is 0 Å². The van der Waals surface area contributed by atoms with Crippen molar-refractivity contribution in [1.82, 2.24) is 0 Å². The summed E-state index contributed by atoms with van der Waals surface area (Å²) in [4.78, 5) is 0. The summed E-state index contributed by atoms with van der Waals surface area (Å²) in [6.07, 6.45) is -1.11. The van der Waals surface area contributed by atoms with Gasteiger partial charge < -0.3 is 5.11 Å². The molecule has 0 aromatic heterocycles. The SMILES string of the molecule is OC(Cc1ccccc1Br)c1c(F)ccc(Br)c1F. The predicted octanol–water partition coefficient (Wildman–Crippen LogP) is 4.77. The molecular weight excluding hydrogens is 382 g/mol. The quantitative estimate of drug-likeness (QED) is 0.747. The Morgan fingerprint density at radius 2 is 1.68 bits per heavy atom. The Morgan fingerprint density at radius 1 is 1.00 bits per heavy atom. The third-order valence-corrected chi connectivity index (χ3v) is 4.17. The van der Waals surface area contributed by atoms with Crippen molar-refractivity contribution >= 4 is 31.9 Å². The van der Waals surface area contributed by atoms with Gasteiger partial charge in [0.05, 0.1) is 16.1 Å². The van der Waals surface area contributed by atoms with Crippen LogP contribution < -0.4 is 0 Å². The number of benzene rings is 2. The van der Waals surface area contributed by atoms with E-state index in [4.69, 9.17) is 0 Å². The van der Waals surface area contributed by atoms with E-state index in [0.717, 1.165) is 16.1 Å². The number of rotatable bonds is 3. The lowest BCUT2D eigenvalue weighted by atomic mass is 10.0. The van der Waals surface area contributed by atoms with E-state index in [9.17, 15) is 13.9 Å². The number of aliphatic hydroxyl groups excluding tert-OH is 1. The second-order valence-corrected chi connectivity index (χ2v) is 5.78. The molecule has 1 unspecified atom stereocenters. The molecule has 1 nitrogen and oxygen atoms in total. The lowest BCUT2D eigenvalue weighted by molar-refractivity contribution is 0.168. The lowest BCUT2D eigenvalue weighted by Gasteiger charge is -2.14. The van der Waals surface area contributed by atoms with Crippen molar-refractivity contribution in [2.45, 2.75) is 12.5 Å². The van der Waals surface area contributed by atoms with E-state index in [1.165, 1.54) is 6.07 Å². The number of halogens is 4. The van der Waals surface area contributed by atoms with Crippen LogP contribution in [-0.4, -0.2) is 5.11 Å². The molecular formula is C14H10Br2F2O. The molecule has 0 saturated heterocycles. The fraction of sp³-hybridized carbons (Fsp3) is 0.143. The minimum atomic E-state index is -1.24. The van der Waals surface area contributed by atoms with Crippen LogP contribution in [0.1, 0.15) is 17.2 Å². The van der Waals surface area contributed by atoms with E-state index in [1.807, 2.05) is 12.1 Å². The van der Waals surface area contributed by atoms with Gasteiger partial charge in [-0.1, -0.05) is 34.1 Å². The van der Waals surface area contributed by atoms with E-state index in [-0.39, 0.29) is 16.5 Å². The summed E-state index contributed by atoms with van der Waals surface area (Å²) in [5.74, 6) is -1.51. The van der Waals surface area contributed by atoms with Crippen LogP contribution in [0.3, 0.4) is 0 Å². The number of aliphatic hydroxyl groups is 1. The van der Waals surface area contributed by atoms with Crippen LogP contribution in [0.15, 0.2) is 45.3 Å². The van der Waals surface area contributed by atoms with Gasteiger partial charge in [-0.05, 0) is 39.7 Å². The van der Waals surface area contributed by atoms with Gasteiger partial charge in [0.2, 0.25) is 0 Å². The van der Waals surface area contributed by atoms with Gasteiger partial charge in [0.15, 0.2) is 0 Å². The van der Waals surface area contributed by atoms with Crippen molar-refractivity contribution in [3.63, 3.8) is 0 Å². The van der Waals surface area contributed by atoms with Crippen LogP contribution in [0.25, 0.3) is 0 Å². The maximum atomic E-state index is 13.9. The van der Waals surface area contributed by atoms with Crippen LogP contribution in [-0.2, 0) is 6.42 Å². The van der Waals surface area contributed by atoms with E-state index in [1.54, 1.807) is 12.1 Å². The molecule has 0 aliphatic heterocycles. The summed E-state index contributed by atoms with van der Waals surface area (Å²) >= 11 is 6.33. The largest absolute Gasteiger partial charge is 0.388 e. The van der Waals surface area contributed by atoms with Gasteiger partial charge in [-0.15, -0.1) is 0 Å². The predicted molar refractivity (Wildman–Crippen MR) is 76.9 cm³/mol. The lowest BCUT2D eigenvalue weighted by Crippen LogP contribution is -2.08. The third kappa shape index (κ3) is 3.22. The summed E-state index contributed by atoms with van der Waals surface area (Å²) in [6.45, 7) is 0.